The van der Waals surface area contributed by atoms with Crippen LogP contribution in [0.3, 0.4) is 0 Å². The summed E-state index contributed by atoms with van der Waals surface area (Å²) in [6.45, 7) is 4.07. The molecule has 0 heterocycles. The second kappa shape index (κ2) is 6.51. The molecule has 0 saturated heterocycles. The average molecular weight is 392 g/mol. The summed E-state index contributed by atoms with van der Waals surface area (Å²) in [7, 11) is 0. The highest BCUT2D eigenvalue weighted by molar-refractivity contribution is 6.03. The summed E-state index contributed by atoms with van der Waals surface area (Å²) in [5.74, 6) is -2.73. The van der Waals surface area contributed by atoms with E-state index >= 15 is 4.39 Å². The fraction of sp³-hybridized carbons (Fsp3) is 0.200. The van der Waals surface area contributed by atoms with E-state index in [0.717, 1.165) is 16.7 Å². The summed E-state index contributed by atoms with van der Waals surface area (Å²) in [6.07, 6.45) is 4.49. The molecule has 0 saturated carbocycles. The number of hydrogen-bond acceptors (Lipinski definition) is 1. The molecule has 2 aliphatic carbocycles. The second-order valence-electron chi connectivity index (χ2n) is 7.62. The van der Waals surface area contributed by atoms with Gasteiger partial charge in [-0.25, -0.2) is 13.2 Å². The van der Waals surface area contributed by atoms with Gasteiger partial charge in [0.2, 0.25) is 0 Å². The number of rotatable bonds is 3. The van der Waals surface area contributed by atoms with Crippen LogP contribution in [0.4, 0.5) is 13.2 Å². The average Bonchev–Trinajstić information content (AvgIpc) is 2.70. The van der Waals surface area contributed by atoms with E-state index in [1.54, 1.807) is 25.1 Å². The van der Waals surface area contributed by atoms with Gasteiger partial charge in [0.15, 0.2) is 23.2 Å². The molecule has 3 aromatic rings. The van der Waals surface area contributed by atoms with Gasteiger partial charge in [-0.3, -0.25) is 0 Å². The zero-order valence-electron chi connectivity index (χ0n) is 16.2. The quantitative estimate of drug-likeness (QED) is 0.372. The number of benzene rings is 3. The molecule has 0 aromatic heterocycles. The minimum Gasteiger partial charge on any atom is -0.491 e. The van der Waals surface area contributed by atoms with E-state index in [1.807, 2.05) is 31.2 Å². The van der Waals surface area contributed by atoms with Crippen molar-refractivity contribution in [1.82, 2.24) is 0 Å². The third-order valence-electron chi connectivity index (χ3n) is 5.83. The Labute approximate surface area is 167 Å². The Balaban J connectivity index is 1.57. The van der Waals surface area contributed by atoms with Crippen molar-refractivity contribution in [3.05, 3.63) is 82.2 Å². The van der Waals surface area contributed by atoms with E-state index in [4.69, 9.17) is 4.74 Å². The van der Waals surface area contributed by atoms with Gasteiger partial charge < -0.3 is 4.74 Å². The minimum absolute atomic E-state index is 0.0103. The Morgan fingerprint density at radius 3 is 2.52 bits per heavy atom. The second-order valence-corrected chi connectivity index (χ2v) is 7.62. The Kier molecular flexibility index (Phi) is 4.05. The molecule has 0 bridgehead atoms. The van der Waals surface area contributed by atoms with E-state index in [0.29, 0.717) is 29.7 Å². The molecule has 0 radical (unpaired) electrons. The van der Waals surface area contributed by atoms with Gasteiger partial charge in [-0.05, 0) is 66.3 Å². The zero-order chi connectivity index (χ0) is 20.3. The van der Waals surface area contributed by atoms with Gasteiger partial charge in [-0.15, -0.1) is 0 Å². The smallest absolute Gasteiger partial charge is 0.173 e. The van der Waals surface area contributed by atoms with Crippen LogP contribution in [-0.2, 0) is 6.42 Å². The highest BCUT2D eigenvalue weighted by atomic mass is 19.2. The van der Waals surface area contributed by atoms with Crippen LogP contribution in [0.15, 0.2) is 42.5 Å². The van der Waals surface area contributed by atoms with Crippen molar-refractivity contribution >= 4 is 6.08 Å². The first-order chi connectivity index (χ1) is 14.0. The number of ether oxygens (including phenoxy) is 1. The first-order valence-electron chi connectivity index (χ1n) is 9.75. The van der Waals surface area contributed by atoms with Crippen LogP contribution in [-0.4, -0.2) is 6.61 Å². The molecule has 0 aliphatic heterocycles. The van der Waals surface area contributed by atoms with Gasteiger partial charge in [0.05, 0.1) is 6.61 Å². The molecule has 29 heavy (non-hydrogen) atoms. The monoisotopic (exact) mass is 392 g/mol. The van der Waals surface area contributed by atoms with E-state index < -0.39 is 17.5 Å². The SMILES string of the molecule is CCOc1ccc2c(c1F)-c1c-2cc(C2C=Cc3cc(C)ccc3C2)c(F)c1F. The molecule has 1 unspecified atom stereocenters. The maximum atomic E-state index is 15.0. The van der Waals surface area contributed by atoms with Crippen LogP contribution in [0, 0.1) is 24.4 Å². The Morgan fingerprint density at radius 2 is 1.72 bits per heavy atom. The maximum absolute atomic E-state index is 15.0. The standard InChI is InChI=1S/C25H19F3O/c1-3-29-20-9-8-17-19-12-18(23(26)25(28)22(19)21(17)24(20)27)16-7-6-14-10-13(2)4-5-15(14)11-16/h4-10,12,16H,3,11H2,1-2H3. The minimum atomic E-state index is -0.986. The Morgan fingerprint density at radius 1 is 0.931 bits per heavy atom. The van der Waals surface area contributed by atoms with Gasteiger partial charge in [-0.1, -0.05) is 35.9 Å². The lowest BCUT2D eigenvalue weighted by Gasteiger charge is -2.29. The number of halogens is 3. The molecular formula is C25H19F3O. The first kappa shape index (κ1) is 18.0. The van der Waals surface area contributed by atoms with Crippen molar-refractivity contribution in [1.29, 1.82) is 0 Å². The zero-order valence-corrected chi connectivity index (χ0v) is 16.2. The van der Waals surface area contributed by atoms with Crippen LogP contribution in [0.5, 0.6) is 5.75 Å². The van der Waals surface area contributed by atoms with Crippen LogP contribution in [0.1, 0.15) is 35.1 Å². The molecule has 0 fully saturated rings. The van der Waals surface area contributed by atoms with Gasteiger partial charge >= 0.3 is 0 Å². The largest absolute Gasteiger partial charge is 0.491 e. The highest BCUT2D eigenvalue weighted by Crippen LogP contribution is 2.53. The predicted molar refractivity (Wildman–Crippen MR) is 109 cm³/mol. The summed E-state index contributed by atoms with van der Waals surface area (Å²) < 4.78 is 50.0. The molecule has 0 spiro atoms. The topological polar surface area (TPSA) is 9.23 Å². The first-order valence-corrected chi connectivity index (χ1v) is 9.75. The van der Waals surface area contributed by atoms with Gasteiger partial charge in [0, 0.05) is 17.0 Å². The maximum Gasteiger partial charge on any atom is 0.173 e. The van der Waals surface area contributed by atoms with Crippen molar-refractivity contribution in [2.24, 2.45) is 0 Å². The van der Waals surface area contributed by atoms with Crippen molar-refractivity contribution in [3.8, 4) is 28.0 Å². The number of fused-ring (bicyclic) bond motifs is 5. The fourth-order valence-electron chi connectivity index (χ4n) is 4.40. The van der Waals surface area contributed by atoms with E-state index in [2.05, 4.69) is 6.07 Å². The summed E-state index contributed by atoms with van der Waals surface area (Å²) in [4.78, 5) is 0. The molecule has 1 nitrogen and oxygen atoms in total. The summed E-state index contributed by atoms with van der Waals surface area (Å²) in [6, 6.07) is 11.1. The number of allylic oxidation sites excluding steroid dienone is 1. The third kappa shape index (κ3) is 2.62. The lowest BCUT2D eigenvalue weighted by atomic mass is 9.76. The van der Waals surface area contributed by atoms with Gasteiger partial charge in [0.25, 0.3) is 0 Å². The van der Waals surface area contributed by atoms with Crippen LogP contribution >= 0.6 is 0 Å². The number of hydrogen-bond donors (Lipinski definition) is 0. The molecule has 0 amide bonds. The lowest BCUT2D eigenvalue weighted by molar-refractivity contribution is 0.322. The highest BCUT2D eigenvalue weighted by Gasteiger charge is 2.35. The number of aryl methyl sites for hydroxylation is 1. The Hall–Kier alpha value is -3.01. The van der Waals surface area contributed by atoms with Crippen molar-refractivity contribution in [2.45, 2.75) is 26.2 Å². The van der Waals surface area contributed by atoms with E-state index in [-0.39, 0.29) is 22.8 Å². The molecule has 146 valence electrons. The summed E-state index contributed by atoms with van der Waals surface area (Å²) in [5.41, 5.74) is 4.96. The van der Waals surface area contributed by atoms with Crippen LogP contribution in [0.25, 0.3) is 28.3 Å². The van der Waals surface area contributed by atoms with Crippen molar-refractivity contribution < 1.29 is 17.9 Å². The normalized spacial score (nSPS) is 16.0. The Bertz CT molecular complexity index is 1190. The van der Waals surface area contributed by atoms with Crippen molar-refractivity contribution in [3.63, 3.8) is 0 Å². The third-order valence-corrected chi connectivity index (χ3v) is 5.83. The molecule has 2 aliphatic rings. The molecule has 4 heteroatoms. The van der Waals surface area contributed by atoms with Crippen LogP contribution in [0.2, 0.25) is 0 Å². The molecular weight excluding hydrogens is 373 g/mol. The summed E-state index contributed by atoms with van der Waals surface area (Å²) >= 11 is 0. The van der Waals surface area contributed by atoms with Crippen molar-refractivity contribution in [2.75, 3.05) is 6.61 Å². The molecule has 5 rings (SSSR count). The van der Waals surface area contributed by atoms with E-state index in [1.165, 1.54) is 0 Å². The van der Waals surface area contributed by atoms with E-state index in [9.17, 15) is 8.78 Å². The molecule has 1 atom stereocenters. The lowest BCUT2D eigenvalue weighted by Crippen LogP contribution is -2.14. The summed E-state index contributed by atoms with van der Waals surface area (Å²) in [5, 5.41) is 0. The predicted octanol–water partition coefficient (Wildman–Crippen LogP) is 6.81. The fourth-order valence-corrected chi connectivity index (χ4v) is 4.40. The van der Waals surface area contributed by atoms with Gasteiger partial charge in [-0.2, -0.15) is 0 Å². The van der Waals surface area contributed by atoms with Crippen LogP contribution < -0.4 is 4.74 Å². The van der Waals surface area contributed by atoms with Gasteiger partial charge in [0.1, 0.15) is 0 Å². The molecule has 0 N–H and O–H groups in total. The molecule has 3 aromatic carbocycles.